The zero-order chi connectivity index (χ0) is 25.2. The molecule has 1 aliphatic rings. The van der Waals surface area contributed by atoms with Crippen LogP contribution in [0.2, 0.25) is 0 Å². The van der Waals surface area contributed by atoms with E-state index < -0.39 is 28.0 Å². The van der Waals surface area contributed by atoms with Gasteiger partial charge in [-0.1, -0.05) is 30.6 Å². The minimum Gasteiger partial charge on any atom is -0.493 e. The first-order valence-corrected chi connectivity index (χ1v) is 11.5. The molecule has 186 valence electrons. The molecule has 35 heavy (non-hydrogen) atoms. The number of aromatic nitrogens is 1. The third-order valence-corrected chi connectivity index (χ3v) is 6.24. The van der Waals surface area contributed by atoms with Crippen molar-refractivity contribution in [2.75, 3.05) is 13.2 Å². The van der Waals surface area contributed by atoms with Crippen molar-refractivity contribution >= 4 is 33.9 Å². The van der Waals surface area contributed by atoms with E-state index in [0.29, 0.717) is 36.3 Å². The number of rotatable bonds is 9. The van der Waals surface area contributed by atoms with Gasteiger partial charge in [0.1, 0.15) is 11.5 Å². The number of ether oxygens (including phenoxy) is 2. The molecular formula is C23H20F4N2O5S. The standard InChI is InChI=1S/C23H20F4N2O5S/c1-2-4-15-17(10-9-16-18(15)34-29-19(16)23(25,26)27)33-12-3-11-32-14-7-5-13(6-8-14)22(24)20(30)28-21(31)35-22/h5-10H,2-4,11-12H2,1H3,(H,28,30,31). The third-order valence-electron chi connectivity index (χ3n) is 5.25. The number of imide groups is 1. The normalized spacial score (nSPS) is 18.2. The molecule has 3 aromatic rings. The van der Waals surface area contributed by atoms with E-state index in [2.05, 4.69) is 5.16 Å². The first-order valence-electron chi connectivity index (χ1n) is 10.7. The van der Waals surface area contributed by atoms with Gasteiger partial charge in [-0.3, -0.25) is 14.9 Å². The molecule has 2 aromatic carbocycles. The second-order valence-electron chi connectivity index (χ2n) is 7.71. The molecule has 1 aromatic heterocycles. The molecule has 4 rings (SSSR count). The van der Waals surface area contributed by atoms with Gasteiger partial charge in [-0.25, -0.2) is 4.39 Å². The lowest BCUT2D eigenvalue weighted by molar-refractivity contribution is -0.141. The van der Waals surface area contributed by atoms with Crippen molar-refractivity contribution in [2.45, 2.75) is 37.4 Å². The summed E-state index contributed by atoms with van der Waals surface area (Å²) in [7, 11) is 0. The SMILES string of the molecule is CCCc1c(OCCCOc2ccc(C3(F)SC(=O)NC3=O)cc2)ccc2c(C(F)(F)F)noc12. The monoisotopic (exact) mass is 512 g/mol. The van der Waals surface area contributed by atoms with Crippen LogP contribution in [0.1, 0.15) is 36.6 Å². The summed E-state index contributed by atoms with van der Waals surface area (Å²) in [6.45, 7) is 2.37. The van der Waals surface area contributed by atoms with E-state index in [9.17, 15) is 27.2 Å². The largest absolute Gasteiger partial charge is 0.493 e. The van der Waals surface area contributed by atoms with Gasteiger partial charge in [0, 0.05) is 17.5 Å². The number of nitrogens with one attached hydrogen (secondary N) is 1. The molecule has 0 spiro atoms. The van der Waals surface area contributed by atoms with Crippen LogP contribution >= 0.6 is 11.8 Å². The number of hydrogen-bond acceptors (Lipinski definition) is 7. The number of carbonyl (C=O) groups excluding carboxylic acids is 2. The van der Waals surface area contributed by atoms with Gasteiger partial charge in [0.05, 0.1) is 18.6 Å². The first kappa shape index (κ1) is 24.8. The van der Waals surface area contributed by atoms with E-state index in [4.69, 9.17) is 14.0 Å². The summed E-state index contributed by atoms with van der Waals surface area (Å²) in [5, 5.41) is 1.80. The smallest absolute Gasteiger partial charge is 0.437 e. The Labute approximate surface area is 201 Å². The highest BCUT2D eigenvalue weighted by Crippen LogP contribution is 2.43. The van der Waals surface area contributed by atoms with Crippen LogP contribution in [-0.2, 0) is 22.4 Å². The molecule has 0 bridgehead atoms. The molecule has 1 atom stereocenters. The number of thioether (sulfide) groups is 1. The van der Waals surface area contributed by atoms with Crippen LogP contribution in [0.3, 0.4) is 0 Å². The van der Waals surface area contributed by atoms with Crippen molar-refractivity contribution in [2.24, 2.45) is 0 Å². The molecule has 1 saturated heterocycles. The first-order chi connectivity index (χ1) is 16.6. The maximum Gasteiger partial charge on any atom is 0.437 e. The Morgan fingerprint density at radius 1 is 1.09 bits per heavy atom. The lowest BCUT2D eigenvalue weighted by Crippen LogP contribution is -2.30. The van der Waals surface area contributed by atoms with E-state index >= 15 is 0 Å². The Hall–Kier alpha value is -3.28. The lowest BCUT2D eigenvalue weighted by Gasteiger charge is -2.15. The van der Waals surface area contributed by atoms with Gasteiger partial charge in [0.2, 0.25) is 0 Å². The second-order valence-corrected chi connectivity index (χ2v) is 8.85. The second kappa shape index (κ2) is 9.76. The van der Waals surface area contributed by atoms with Gasteiger partial charge in [0.25, 0.3) is 16.1 Å². The number of hydrogen-bond donors (Lipinski definition) is 1. The van der Waals surface area contributed by atoms with Crippen LogP contribution in [0, 0.1) is 0 Å². The van der Waals surface area contributed by atoms with Crippen LogP contribution in [0.25, 0.3) is 11.0 Å². The van der Waals surface area contributed by atoms with Gasteiger partial charge in [-0.05, 0) is 42.4 Å². The van der Waals surface area contributed by atoms with Crippen molar-refractivity contribution in [3.8, 4) is 11.5 Å². The van der Waals surface area contributed by atoms with Gasteiger partial charge >= 0.3 is 6.18 Å². The molecule has 2 heterocycles. The van der Waals surface area contributed by atoms with Gasteiger partial charge in [-0.15, -0.1) is 0 Å². The fraction of sp³-hybridized carbons (Fsp3) is 0.348. The topological polar surface area (TPSA) is 90.7 Å². The van der Waals surface area contributed by atoms with E-state index in [1.54, 1.807) is 0 Å². The lowest BCUT2D eigenvalue weighted by atomic mass is 10.0. The maximum absolute atomic E-state index is 14.8. The number of aryl methyl sites for hydroxylation is 1. The Balaban J connectivity index is 1.33. The highest BCUT2D eigenvalue weighted by molar-refractivity contribution is 8.15. The molecule has 12 heteroatoms. The molecule has 0 saturated carbocycles. The van der Waals surface area contributed by atoms with Crippen LogP contribution < -0.4 is 14.8 Å². The summed E-state index contributed by atoms with van der Waals surface area (Å²) < 4.78 is 70.6. The van der Waals surface area contributed by atoms with Crippen LogP contribution in [0.4, 0.5) is 22.4 Å². The summed E-state index contributed by atoms with van der Waals surface area (Å²) in [5.74, 6) is -0.163. The minimum atomic E-state index is -4.61. The number of nitrogens with zero attached hydrogens (tertiary/aromatic N) is 1. The van der Waals surface area contributed by atoms with E-state index in [-0.39, 0.29) is 41.5 Å². The summed E-state index contributed by atoms with van der Waals surface area (Å²) >= 11 is 0.275. The number of carbonyl (C=O) groups is 2. The van der Waals surface area contributed by atoms with Crippen molar-refractivity contribution < 1.29 is 41.1 Å². The van der Waals surface area contributed by atoms with Crippen molar-refractivity contribution in [3.05, 3.63) is 53.2 Å². The number of benzene rings is 2. The summed E-state index contributed by atoms with van der Waals surface area (Å²) in [6, 6.07) is 8.49. The number of fused-ring (bicyclic) bond motifs is 1. The predicted octanol–water partition coefficient (Wildman–Crippen LogP) is 5.75. The number of amides is 2. The third kappa shape index (κ3) is 5.07. The van der Waals surface area contributed by atoms with Crippen LogP contribution in [0.5, 0.6) is 11.5 Å². The zero-order valence-corrected chi connectivity index (χ0v) is 19.2. The Kier molecular flexibility index (Phi) is 6.93. The molecule has 0 aliphatic carbocycles. The number of alkyl halides is 4. The Bertz CT molecular complexity index is 1250. The highest BCUT2D eigenvalue weighted by Gasteiger charge is 2.50. The van der Waals surface area contributed by atoms with Gasteiger partial charge < -0.3 is 14.0 Å². The van der Waals surface area contributed by atoms with E-state index in [1.807, 2.05) is 12.2 Å². The molecule has 7 nitrogen and oxygen atoms in total. The fourth-order valence-corrected chi connectivity index (χ4v) is 4.42. The maximum atomic E-state index is 14.8. The Morgan fingerprint density at radius 2 is 1.80 bits per heavy atom. The molecule has 0 radical (unpaired) electrons. The molecule has 1 unspecified atom stereocenters. The predicted molar refractivity (Wildman–Crippen MR) is 119 cm³/mol. The number of halogens is 4. The molecule has 1 aliphatic heterocycles. The fourth-order valence-electron chi connectivity index (χ4n) is 3.63. The van der Waals surface area contributed by atoms with Crippen molar-refractivity contribution in [1.82, 2.24) is 10.5 Å². The van der Waals surface area contributed by atoms with Gasteiger partial charge in [-0.2, -0.15) is 13.2 Å². The average Bonchev–Trinajstić information content (AvgIpc) is 3.36. The summed E-state index contributed by atoms with van der Waals surface area (Å²) in [6.07, 6.45) is -3.03. The molecule has 2 amide bonds. The summed E-state index contributed by atoms with van der Waals surface area (Å²) in [5.41, 5.74) is -0.443. The highest BCUT2D eigenvalue weighted by atomic mass is 32.2. The zero-order valence-electron chi connectivity index (χ0n) is 18.4. The minimum absolute atomic E-state index is 0.0291. The van der Waals surface area contributed by atoms with Crippen LogP contribution in [0.15, 0.2) is 40.9 Å². The van der Waals surface area contributed by atoms with Crippen LogP contribution in [-0.4, -0.2) is 29.5 Å². The Morgan fingerprint density at radius 3 is 2.43 bits per heavy atom. The van der Waals surface area contributed by atoms with Crippen molar-refractivity contribution in [1.29, 1.82) is 0 Å². The van der Waals surface area contributed by atoms with E-state index in [0.717, 1.165) is 0 Å². The van der Waals surface area contributed by atoms with E-state index in [1.165, 1.54) is 36.4 Å². The molecule has 1 N–H and O–H groups in total. The average molecular weight is 512 g/mol. The molecule has 1 fully saturated rings. The quantitative estimate of drug-likeness (QED) is 0.288. The van der Waals surface area contributed by atoms with Gasteiger partial charge in [0.15, 0.2) is 11.3 Å². The van der Waals surface area contributed by atoms with Crippen molar-refractivity contribution in [3.63, 3.8) is 0 Å². The summed E-state index contributed by atoms with van der Waals surface area (Å²) in [4.78, 5) is 23.0. The molecular weight excluding hydrogens is 492 g/mol.